The summed E-state index contributed by atoms with van der Waals surface area (Å²) in [5.74, 6) is -0.758. The number of fused-ring (bicyclic) bond motifs is 1. The topological polar surface area (TPSA) is 96.8 Å². The van der Waals surface area contributed by atoms with Crippen LogP contribution in [-0.4, -0.2) is 63.4 Å². The van der Waals surface area contributed by atoms with Gasteiger partial charge in [-0.3, -0.25) is 9.69 Å². The molecule has 31 heavy (non-hydrogen) atoms. The third-order valence-electron chi connectivity index (χ3n) is 5.32. The number of piperidine rings is 1. The molecule has 2 aliphatic rings. The van der Waals surface area contributed by atoms with Gasteiger partial charge in [0.25, 0.3) is 0 Å². The van der Waals surface area contributed by atoms with Gasteiger partial charge in [-0.2, -0.15) is 18.3 Å². The number of likely N-dealkylation sites (tertiary alicyclic amines) is 1. The van der Waals surface area contributed by atoms with E-state index in [0.29, 0.717) is 13.1 Å². The van der Waals surface area contributed by atoms with Crippen molar-refractivity contribution in [2.75, 3.05) is 19.7 Å². The number of carbonyl (C=O) groups excluding carboxylic acids is 1. The number of nitrogens with zero attached hydrogens (tertiary/aromatic N) is 3. The van der Waals surface area contributed by atoms with Gasteiger partial charge in [0.2, 0.25) is 18.2 Å². The van der Waals surface area contributed by atoms with Gasteiger partial charge < -0.3 is 19.9 Å². The molecule has 0 bridgehead atoms. The standard InChI is InChI=1S/C20H29F3N4O4/c1-18(2,3)31-17(29)27-8-11-12(9-27)14(11)15(28)25-19(4,5)10-30-16-13(20(21,22)23)6-7-24-26-16/h6-7,11-12,14,17,29H,8-10H2,1-5H3,(H,25,28)/t11-,12+,14?,17?. The monoisotopic (exact) mass is 446 g/mol. The molecule has 1 aromatic heterocycles. The smallest absolute Gasteiger partial charge is 0.421 e. The Kier molecular flexibility index (Phi) is 6.25. The van der Waals surface area contributed by atoms with Crippen LogP contribution in [0, 0.1) is 17.8 Å². The van der Waals surface area contributed by atoms with Crippen LogP contribution in [0.2, 0.25) is 0 Å². The number of aliphatic hydroxyl groups excluding tert-OH is 1. The second-order valence-corrected chi connectivity index (χ2v) is 9.77. The zero-order chi connectivity index (χ0) is 23.2. The highest BCUT2D eigenvalue weighted by molar-refractivity contribution is 5.83. The zero-order valence-corrected chi connectivity index (χ0v) is 18.2. The van der Waals surface area contributed by atoms with Crippen molar-refractivity contribution in [3.8, 4) is 5.88 Å². The predicted molar refractivity (Wildman–Crippen MR) is 104 cm³/mol. The van der Waals surface area contributed by atoms with Crippen LogP contribution in [0.3, 0.4) is 0 Å². The van der Waals surface area contributed by atoms with Crippen LogP contribution < -0.4 is 10.1 Å². The van der Waals surface area contributed by atoms with Gasteiger partial charge in [0, 0.05) is 19.0 Å². The van der Waals surface area contributed by atoms with Gasteiger partial charge in [-0.15, -0.1) is 5.10 Å². The van der Waals surface area contributed by atoms with Gasteiger partial charge in [0.15, 0.2) is 0 Å². The molecule has 0 spiro atoms. The number of alkyl halides is 3. The zero-order valence-electron chi connectivity index (χ0n) is 18.2. The van der Waals surface area contributed by atoms with Crippen molar-refractivity contribution in [1.29, 1.82) is 0 Å². The van der Waals surface area contributed by atoms with Crippen LogP contribution in [0.1, 0.15) is 40.2 Å². The molecular weight excluding hydrogens is 417 g/mol. The second-order valence-electron chi connectivity index (χ2n) is 9.77. The number of aromatic nitrogens is 2. The number of ether oxygens (including phenoxy) is 2. The van der Waals surface area contributed by atoms with E-state index < -0.39 is 35.2 Å². The highest BCUT2D eigenvalue weighted by Gasteiger charge is 2.60. The first-order chi connectivity index (χ1) is 14.2. The van der Waals surface area contributed by atoms with Crippen LogP contribution in [0.15, 0.2) is 12.3 Å². The summed E-state index contributed by atoms with van der Waals surface area (Å²) in [5.41, 5.74) is -2.41. The summed E-state index contributed by atoms with van der Waals surface area (Å²) in [4.78, 5) is 14.5. The third-order valence-corrected chi connectivity index (χ3v) is 5.32. The van der Waals surface area contributed by atoms with Gasteiger partial charge in [0.1, 0.15) is 12.2 Å². The van der Waals surface area contributed by atoms with E-state index in [9.17, 15) is 23.1 Å². The Morgan fingerprint density at radius 3 is 2.42 bits per heavy atom. The van der Waals surface area contributed by atoms with Crippen molar-refractivity contribution >= 4 is 5.91 Å². The van der Waals surface area contributed by atoms with Crippen molar-refractivity contribution < 1.29 is 32.5 Å². The lowest BCUT2D eigenvalue weighted by atomic mass is 10.1. The molecule has 11 heteroatoms. The molecule has 4 atom stereocenters. The van der Waals surface area contributed by atoms with Gasteiger partial charge >= 0.3 is 6.18 Å². The lowest BCUT2D eigenvalue weighted by Crippen LogP contribution is -2.50. The molecule has 1 aliphatic carbocycles. The number of hydrogen-bond donors (Lipinski definition) is 2. The van der Waals surface area contributed by atoms with Crippen molar-refractivity contribution in [2.24, 2.45) is 17.8 Å². The Morgan fingerprint density at radius 1 is 1.26 bits per heavy atom. The van der Waals surface area contributed by atoms with Crippen LogP contribution in [0.5, 0.6) is 5.88 Å². The number of halogens is 3. The highest BCUT2D eigenvalue weighted by atomic mass is 19.4. The average Bonchev–Trinajstić information content (AvgIpc) is 3.12. The number of aliphatic hydroxyl groups is 1. The lowest BCUT2D eigenvalue weighted by Gasteiger charge is -2.31. The first-order valence-corrected chi connectivity index (χ1v) is 10.1. The summed E-state index contributed by atoms with van der Waals surface area (Å²) in [5, 5.41) is 19.9. The molecule has 8 nitrogen and oxygen atoms in total. The van der Waals surface area contributed by atoms with Crippen molar-refractivity contribution in [1.82, 2.24) is 20.4 Å². The van der Waals surface area contributed by atoms with E-state index in [1.165, 1.54) is 0 Å². The van der Waals surface area contributed by atoms with E-state index in [1.54, 1.807) is 18.7 Å². The molecule has 0 aromatic carbocycles. The van der Waals surface area contributed by atoms with E-state index in [0.717, 1.165) is 12.3 Å². The fourth-order valence-electron chi connectivity index (χ4n) is 3.86. The summed E-state index contributed by atoms with van der Waals surface area (Å²) in [7, 11) is 0. The molecule has 1 aliphatic heterocycles. The molecule has 1 saturated carbocycles. The molecule has 3 rings (SSSR count). The number of rotatable bonds is 7. The quantitative estimate of drug-likeness (QED) is 0.619. The number of hydrogen-bond acceptors (Lipinski definition) is 7. The normalized spacial score (nSPS) is 25.1. The largest absolute Gasteiger partial charge is 0.474 e. The van der Waals surface area contributed by atoms with E-state index in [-0.39, 0.29) is 30.3 Å². The summed E-state index contributed by atoms with van der Waals surface area (Å²) in [6.45, 7) is 9.79. The Hall–Kier alpha value is -1.98. The van der Waals surface area contributed by atoms with Gasteiger partial charge in [-0.25, -0.2) is 0 Å². The fraction of sp³-hybridized carbons (Fsp3) is 0.750. The molecule has 0 radical (unpaired) electrons. The predicted octanol–water partition coefficient (Wildman–Crippen LogP) is 2.04. The summed E-state index contributed by atoms with van der Waals surface area (Å²) < 4.78 is 50.0. The van der Waals surface area contributed by atoms with Gasteiger partial charge in [-0.05, 0) is 52.5 Å². The highest BCUT2D eigenvalue weighted by Crippen LogP contribution is 2.52. The maximum Gasteiger partial charge on any atom is 0.421 e. The average molecular weight is 446 g/mol. The summed E-state index contributed by atoms with van der Waals surface area (Å²) in [6, 6.07) is 0.794. The lowest BCUT2D eigenvalue weighted by molar-refractivity contribution is -0.236. The van der Waals surface area contributed by atoms with Crippen LogP contribution in [0.4, 0.5) is 13.2 Å². The third kappa shape index (κ3) is 5.83. The second kappa shape index (κ2) is 8.18. The SMILES string of the molecule is CC(C)(COc1nnccc1C(F)(F)F)NC(=O)C1[C@H]2CN(C(O)OC(C)(C)C)C[C@@H]12. The van der Waals surface area contributed by atoms with Crippen molar-refractivity contribution in [3.63, 3.8) is 0 Å². The summed E-state index contributed by atoms with van der Waals surface area (Å²) in [6.07, 6.45) is -4.69. The first kappa shape index (κ1) is 23.7. The Bertz CT molecular complexity index is 800. The van der Waals surface area contributed by atoms with Gasteiger partial charge in [0.05, 0.1) is 17.3 Å². The Morgan fingerprint density at radius 2 is 1.87 bits per heavy atom. The van der Waals surface area contributed by atoms with E-state index in [2.05, 4.69) is 15.5 Å². The van der Waals surface area contributed by atoms with Crippen molar-refractivity contribution in [2.45, 2.75) is 58.3 Å². The van der Waals surface area contributed by atoms with E-state index >= 15 is 0 Å². The number of carbonyl (C=O) groups is 1. The van der Waals surface area contributed by atoms with E-state index in [1.807, 2.05) is 20.8 Å². The van der Waals surface area contributed by atoms with Crippen LogP contribution in [0.25, 0.3) is 0 Å². The minimum absolute atomic E-state index is 0.117. The molecule has 174 valence electrons. The maximum atomic E-state index is 13.1. The van der Waals surface area contributed by atoms with Crippen LogP contribution in [-0.2, 0) is 15.7 Å². The minimum Gasteiger partial charge on any atom is -0.474 e. The number of nitrogens with one attached hydrogen (secondary N) is 1. The Labute approximate surface area is 179 Å². The molecule has 2 unspecified atom stereocenters. The summed E-state index contributed by atoms with van der Waals surface area (Å²) >= 11 is 0. The first-order valence-electron chi connectivity index (χ1n) is 10.1. The Balaban J connectivity index is 1.50. The molecule has 2 fully saturated rings. The molecule has 1 amide bonds. The van der Waals surface area contributed by atoms with Crippen molar-refractivity contribution in [3.05, 3.63) is 17.8 Å². The molecule has 2 heterocycles. The molecule has 1 saturated heterocycles. The molecular formula is C20H29F3N4O4. The fourth-order valence-corrected chi connectivity index (χ4v) is 3.86. The molecule has 2 N–H and O–H groups in total. The minimum atomic E-state index is -4.61. The molecule has 1 aromatic rings. The van der Waals surface area contributed by atoms with E-state index in [4.69, 9.17) is 9.47 Å². The number of amides is 1. The van der Waals surface area contributed by atoms with Crippen LogP contribution >= 0.6 is 0 Å². The maximum absolute atomic E-state index is 13.1. The van der Waals surface area contributed by atoms with Gasteiger partial charge in [-0.1, -0.05) is 0 Å².